The zero-order valence-electron chi connectivity index (χ0n) is 16.4. The van der Waals surface area contributed by atoms with Gasteiger partial charge in [-0.15, -0.1) is 0 Å². The second kappa shape index (κ2) is 8.08. The predicted molar refractivity (Wildman–Crippen MR) is 108 cm³/mol. The van der Waals surface area contributed by atoms with E-state index < -0.39 is 22.0 Å². The Labute approximate surface area is 166 Å². The van der Waals surface area contributed by atoms with Gasteiger partial charge in [-0.1, -0.05) is 6.07 Å². The van der Waals surface area contributed by atoms with Gasteiger partial charge >= 0.3 is 0 Å². The topological polar surface area (TPSA) is 104 Å². The van der Waals surface area contributed by atoms with Crippen molar-refractivity contribution >= 4 is 27.5 Å². The van der Waals surface area contributed by atoms with Gasteiger partial charge in [-0.25, -0.2) is 8.42 Å². The lowest BCUT2D eigenvalue weighted by molar-refractivity contribution is -0.124. The molecule has 2 N–H and O–H groups in total. The maximum absolute atomic E-state index is 13.1. The molecule has 2 aliphatic rings. The third-order valence-corrected chi connectivity index (χ3v) is 7.33. The Morgan fingerprint density at radius 1 is 1.14 bits per heavy atom. The number of rotatable bonds is 4. The number of hydrogen-bond acceptors (Lipinski definition) is 5. The molecule has 1 atom stereocenters. The summed E-state index contributed by atoms with van der Waals surface area (Å²) >= 11 is 0. The molecule has 2 saturated heterocycles. The molecule has 2 aliphatic heterocycles. The Kier molecular flexibility index (Phi) is 5.95. The molecule has 0 bridgehead atoms. The normalized spacial score (nSPS) is 23.0. The van der Waals surface area contributed by atoms with E-state index in [-0.39, 0.29) is 17.7 Å². The molecule has 28 heavy (non-hydrogen) atoms. The lowest BCUT2D eigenvalue weighted by Crippen LogP contribution is -2.61. The minimum atomic E-state index is -3.36. The SMILES string of the molecule is CC(C)N1CCN(C(=O)c2cccc(N3CCCCS3(=O)=O)c2)C(C(N)=O)C1. The highest BCUT2D eigenvalue weighted by Crippen LogP contribution is 2.25. The molecular weight excluding hydrogens is 380 g/mol. The van der Waals surface area contributed by atoms with Crippen molar-refractivity contribution in [2.24, 2.45) is 5.73 Å². The molecule has 0 aromatic heterocycles. The van der Waals surface area contributed by atoms with Crippen molar-refractivity contribution in [3.05, 3.63) is 29.8 Å². The number of primary amides is 1. The van der Waals surface area contributed by atoms with E-state index >= 15 is 0 Å². The summed E-state index contributed by atoms with van der Waals surface area (Å²) in [6.45, 7) is 5.95. The van der Waals surface area contributed by atoms with Crippen LogP contribution >= 0.6 is 0 Å². The average Bonchev–Trinajstić information content (AvgIpc) is 2.66. The third-order valence-electron chi connectivity index (χ3n) is 5.46. The van der Waals surface area contributed by atoms with Gasteiger partial charge in [0.1, 0.15) is 6.04 Å². The average molecular weight is 409 g/mol. The highest BCUT2D eigenvalue weighted by molar-refractivity contribution is 7.92. The third kappa shape index (κ3) is 4.15. The number of benzene rings is 1. The number of carbonyl (C=O) groups is 2. The summed E-state index contributed by atoms with van der Waals surface area (Å²) in [5.41, 5.74) is 6.42. The number of amides is 2. The van der Waals surface area contributed by atoms with Crippen LogP contribution in [0.3, 0.4) is 0 Å². The summed E-state index contributed by atoms with van der Waals surface area (Å²) in [5, 5.41) is 0. The number of sulfonamides is 1. The molecule has 8 nitrogen and oxygen atoms in total. The van der Waals surface area contributed by atoms with Crippen molar-refractivity contribution in [3.63, 3.8) is 0 Å². The molecule has 1 unspecified atom stereocenters. The number of anilines is 1. The van der Waals surface area contributed by atoms with E-state index in [0.717, 1.165) is 6.42 Å². The minimum absolute atomic E-state index is 0.117. The second-order valence-corrected chi connectivity index (χ2v) is 9.66. The maximum atomic E-state index is 13.1. The van der Waals surface area contributed by atoms with E-state index in [1.54, 1.807) is 24.3 Å². The Hall–Kier alpha value is -2.13. The first kappa shape index (κ1) is 20.6. The van der Waals surface area contributed by atoms with E-state index in [4.69, 9.17) is 5.73 Å². The Morgan fingerprint density at radius 3 is 2.54 bits per heavy atom. The van der Waals surface area contributed by atoms with E-state index in [9.17, 15) is 18.0 Å². The standard InChI is InChI=1S/C19H28N4O4S/c1-14(2)21-9-10-22(17(13-21)18(20)24)19(25)15-6-5-7-16(12-15)23-8-3-4-11-28(23,26)27/h5-7,12,14,17H,3-4,8-11,13H2,1-2H3,(H2,20,24). The van der Waals surface area contributed by atoms with Crippen LogP contribution in [0, 0.1) is 0 Å². The van der Waals surface area contributed by atoms with Gasteiger partial charge in [0.15, 0.2) is 0 Å². The number of carbonyl (C=O) groups excluding carboxylic acids is 2. The number of hydrogen-bond donors (Lipinski definition) is 1. The summed E-state index contributed by atoms with van der Waals surface area (Å²) in [6, 6.07) is 6.17. The summed E-state index contributed by atoms with van der Waals surface area (Å²) in [5.74, 6) is -0.719. The van der Waals surface area contributed by atoms with Gasteiger partial charge in [0, 0.05) is 37.8 Å². The summed E-state index contributed by atoms with van der Waals surface area (Å²) < 4.78 is 26.1. The molecule has 2 fully saturated rings. The smallest absolute Gasteiger partial charge is 0.254 e. The van der Waals surface area contributed by atoms with E-state index in [1.807, 2.05) is 13.8 Å². The van der Waals surface area contributed by atoms with Crippen LogP contribution in [0.2, 0.25) is 0 Å². The molecule has 1 aromatic carbocycles. The summed E-state index contributed by atoms with van der Waals surface area (Å²) in [7, 11) is -3.36. The summed E-state index contributed by atoms with van der Waals surface area (Å²) in [4.78, 5) is 28.7. The van der Waals surface area contributed by atoms with Gasteiger partial charge in [0.05, 0.1) is 11.4 Å². The Balaban J connectivity index is 1.85. The van der Waals surface area contributed by atoms with E-state index in [0.29, 0.717) is 43.9 Å². The van der Waals surface area contributed by atoms with Crippen LogP contribution in [0.25, 0.3) is 0 Å². The van der Waals surface area contributed by atoms with Crippen LogP contribution in [0.15, 0.2) is 24.3 Å². The van der Waals surface area contributed by atoms with Crippen LogP contribution in [0.1, 0.15) is 37.0 Å². The van der Waals surface area contributed by atoms with Crippen molar-refractivity contribution < 1.29 is 18.0 Å². The number of nitrogens with two attached hydrogens (primary N) is 1. The van der Waals surface area contributed by atoms with Crippen molar-refractivity contribution in [2.75, 3.05) is 36.2 Å². The molecule has 9 heteroatoms. The van der Waals surface area contributed by atoms with Gasteiger partial charge < -0.3 is 10.6 Å². The monoisotopic (exact) mass is 408 g/mol. The van der Waals surface area contributed by atoms with Gasteiger partial charge in [-0.3, -0.25) is 18.8 Å². The molecule has 0 radical (unpaired) electrons. The first-order chi connectivity index (χ1) is 13.2. The van der Waals surface area contributed by atoms with Gasteiger partial charge in [-0.05, 0) is 44.9 Å². The van der Waals surface area contributed by atoms with Crippen LogP contribution in [0.5, 0.6) is 0 Å². The molecule has 2 amide bonds. The lowest BCUT2D eigenvalue weighted by Gasteiger charge is -2.41. The predicted octanol–water partition coefficient (Wildman–Crippen LogP) is 0.637. The van der Waals surface area contributed by atoms with Crippen molar-refractivity contribution in [3.8, 4) is 0 Å². The molecule has 2 heterocycles. The van der Waals surface area contributed by atoms with Gasteiger partial charge in [0.25, 0.3) is 5.91 Å². The number of nitrogens with zero attached hydrogens (tertiary/aromatic N) is 3. The van der Waals surface area contributed by atoms with E-state index in [1.165, 1.54) is 9.21 Å². The highest BCUT2D eigenvalue weighted by Gasteiger charge is 2.35. The minimum Gasteiger partial charge on any atom is -0.368 e. The Morgan fingerprint density at radius 2 is 1.89 bits per heavy atom. The molecule has 1 aromatic rings. The zero-order chi connectivity index (χ0) is 20.5. The highest BCUT2D eigenvalue weighted by atomic mass is 32.2. The molecular formula is C19H28N4O4S. The summed E-state index contributed by atoms with van der Waals surface area (Å²) in [6.07, 6.45) is 1.44. The van der Waals surface area contributed by atoms with Gasteiger partial charge in [-0.2, -0.15) is 0 Å². The molecule has 0 spiro atoms. The first-order valence-electron chi connectivity index (χ1n) is 9.65. The quantitative estimate of drug-likeness (QED) is 0.787. The van der Waals surface area contributed by atoms with Crippen LogP contribution in [-0.2, 0) is 14.8 Å². The zero-order valence-corrected chi connectivity index (χ0v) is 17.2. The number of piperazine rings is 1. The first-order valence-corrected chi connectivity index (χ1v) is 11.3. The molecule has 154 valence electrons. The van der Waals surface area contributed by atoms with Crippen molar-refractivity contribution in [1.82, 2.24) is 9.80 Å². The molecule has 0 aliphatic carbocycles. The fraction of sp³-hybridized carbons (Fsp3) is 0.579. The van der Waals surface area contributed by atoms with Crippen LogP contribution in [-0.4, -0.2) is 74.0 Å². The Bertz CT molecular complexity index is 855. The molecule has 0 saturated carbocycles. The van der Waals surface area contributed by atoms with E-state index in [2.05, 4.69) is 4.90 Å². The molecule has 3 rings (SSSR count). The largest absolute Gasteiger partial charge is 0.368 e. The second-order valence-electron chi connectivity index (χ2n) is 7.65. The van der Waals surface area contributed by atoms with Crippen molar-refractivity contribution in [1.29, 1.82) is 0 Å². The van der Waals surface area contributed by atoms with Crippen LogP contribution < -0.4 is 10.0 Å². The maximum Gasteiger partial charge on any atom is 0.254 e. The fourth-order valence-corrected chi connectivity index (χ4v) is 5.43. The fourth-order valence-electron chi connectivity index (χ4n) is 3.80. The van der Waals surface area contributed by atoms with Crippen molar-refractivity contribution in [2.45, 2.75) is 38.8 Å². The van der Waals surface area contributed by atoms with Gasteiger partial charge in [0.2, 0.25) is 15.9 Å². The lowest BCUT2D eigenvalue weighted by atomic mass is 10.1. The van der Waals surface area contributed by atoms with Crippen LogP contribution in [0.4, 0.5) is 5.69 Å².